The largest absolute Gasteiger partial charge is 0.273 e. The number of hydrogen-bond donors (Lipinski definition) is 0. The highest BCUT2D eigenvalue weighted by Gasteiger charge is 2.25. The maximum atomic E-state index is 12.3. The molecule has 0 aliphatic heterocycles. The molecule has 0 fully saturated rings. The molecule has 7 heteroatoms. The summed E-state index contributed by atoms with van der Waals surface area (Å²) in [5.74, 6) is -0.992. The molecule has 4 nitrogen and oxygen atoms in total. The summed E-state index contributed by atoms with van der Waals surface area (Å²) < 4.78 is 0. The average molecular weight is 471 g/mol. The Morgan fingerprint density at radius 3 is 2.32 bits per heavy atom. The van der Waals surface area contributed by atoms with Crippen molar-refractivity contribution in [2.75, 3.05) is 5.01 Å². The van der Waals surface area contributed by atoms with Gasteiger partial charge in [-0.25, -0.2) is 5.01 Å². The predicted molar refractivity (Wildman–Crippen MR) is 127 cm³/mol. The SMILES string of the molecule is CC(=O)N(N=Cc1ccccc1)c1cc(Cl)c(C(C#N)c2ccc(Cl)cc2)c(Cl)c1C. The molecule has 3 aromatic rings. The second-order valence-electron chi connectivity index (χ2n) is 6.83. The molecule has 156 valence electrons. The van der Waals surface area contributed by atoms with Crippen LogP contribution in [0, 0.1) is 18.3 Å². The molecule has 3 rings (SSSR count). The Morgan fingerprint density at radius 1 is 1.10 bits per heavy atom. The molecule has 0 spiro atoms. The second kappa shape index (κ2) is 9.98. The lowest BCUT2D eigenvalue weighted by Crippen LogP contribution is -2.23. The van der Waals surface area contributed by atoms with Crippen molar-refractivity contribution in [3.63, 3.8) is 0 Å². The Labute approximate surface area is 196 Å². The van der Waals surface area contributed by atoms with Crippen LogP contribution in [0.1, 0.15) is 35.1 Å². The van der Waals surface area contributed by atoms with Gasteiger partial charge in [-0.15, -0.1) is 0 Å². The topological polar surface area (TPSA) is 56.5 Å². The molecule has 0 saturated carbocycles. The van der Waals surface area contributed by atoms with Crippen LogP contribution >= 0.6 is 34.8 Å². The van der Waals surface area contributed by atoms with Gasteiger partial charge in [-0.2, -0.15) is 10.4 Å². The smallest absolute Gasteiger partial charge is 0.244 e. The minimum absolute atomic E-state index is 0.272. The molecule has 1 amide bonds. The third-order valence-electron chi connectivity index (χ3n) is 4.74. The maximum Gasteiger partial charge on any atom is 0.244 e. The minimum Gasteiger partial charge on any atom is -0.273 e. The molecule has 0 N–H and O–H groups in total. The number of anilines is 1. The van der Waals surface area contributed by atoms with Gasteiger partial charge in [0, 0.05) is 22.5 Å². The number of halogens is 3. The molecule has 3 aromatic carbocycles. The molecule has 0 bridgehead atoms. The quantitative estimate of drug-likeness (QED) is 0.298. The van der Waals surface area contributed by atoms with Crippen LogP contribution in [-0.2, 0) is 4.79 Å². The summed E-state index contributed by atoms with van der Waals surface area (Å²) in [5.41, 5.74) is 3.08. The van der Waals surface area contributed by atoms with Crippen molar-refractivity contribution in [1.29, 1.82) is 5.26 Å². The van der Waals surface area contributed by atoms with Gasteiger partial charge >= 0.3 is 0 Å². The van der Waals surface area contributed by atoms with E-state index in [1.165, 1.54) is 11.9 Å². The highest BCUT2D eigenvalue weighted by Crippen LogP contribution is 2.41. The Morgan fingerprint density at radius 2 is 1.74 bits per heavy atom. The number of hydrazone groups is 1. The van der Waals surface area contributed by atoms with Crippen LogP contribution in [-0.4, -0.2) is 12.1 Å². The van der Waals surface area contributed by atoms with Crippen molar-refractivity contribution in [3.8, 4) is 6.07 Å². The van der Waals surface area contributed by atoms with E-state index in [4.69, 9.17) is 34.8 Å². The van der Waals surface area contributed by atoms with Crippen molar-refractivity contribution < 1.29 is 4.79 Å². The molecule has 0 aliphatic carbocycles. The van der Waals surface area contributed by atoms with E-state index in [-0.39, 0.29) is 10.9 Å². The van der Waals surface area contributed by atoms with Crippen molar-refractivity contribution in [3.05, 3.63) is 98.0 Å². The van der Waals surface area contributed by atoms with Gasteiger partial charge < -0.3 is 0 Å². The van der Waals surface area contributed by atoms with Gasteiger partial charge in [0.15, 0.2) is 0 Å². The Kier molecular flexibility index (Phi) is 7.35. The van der Waals surface area contributed by atoms with E-state index in [9.17, 15) is 10.1 Å². The second-order valence-corrected chi connectivity index (χ2v) is 8.05. The van der Waals surface area contributed by atoms with Crippen LogP contribution in [0.2, 0.25) is 15.1 Å². The third-order valence-corrected chi connectivity index (χ3v) is 5.79. The van der Waals surface area contributed by atoms with Gasteiger partial charge in [0.1, 0.15) is 0 Å². The summed E-state index contributed by atoms with van der Waals surface area (Å²) in [4.78, 5) is 12.3. The Balaban J connectivity index is 2.07. The van der Waals surface area contributed by atoms with E-state index in [1.54, 1.807) is 43.5 Å². The highest BCUT2D eigenvalue weighted by molar-refractivity contribution is 6.37. The molecular formula is C24H18Cl3N3O. The molecule has 0 heterocycles. The molecule has 31 heavy (non-hydrogen) atoms. The van der Waals surface area contributed by atoms with E-state index in [0.717, 1.165) is 5.56 Å². The predicted octanol–water partition coefficient (Wildman–Crippen LogP) is 7.00. The zero-order chi connectivity index (χ0) is 22.5. The number of carbonyl (C=O) groups excluding carboxylic acids is 1. The van der Waals surface area contributed by atoms with Crippen molar-refractivity contribution in [1.82, 2.24) is 0 Å². The summed E-state index contributed by atoms with van der Waals surface area (Å²) in [6, 6.07) is 20.2. The van der Waals surface area contributed by atoms with E-state index in [2.05, 4.69) is 11.2 Å². The van der Waals surface area contributed by atoms with E-state index >= 15 is 0 Å². The fourth-order valence-electron chi connectivity index (χ4n) is 3.15. The lowest BCUT2D eigenvalue weighted by Gasteiger charge is -2.22. The minimum atomic E-state index is -0.691. The number of nitrogens with zero attached hydrogens (tertiary/aromatic N) is 3. The first-order valence-corrected chi connectivity index (χ1v) is 10.5. The highest BCUT2D eigenvalue weighted by atomic mass is 35.5. The third kappa shape index (κ3) is 5.08. The van der Waals surface area contributed by atoms with Crippen molar-refractivity contribution in [2.45, 2.75) is 19.8 Å². The lowest BCUT2D eigenvalue weighted by molar-refractivity contribution is -0.116. The fraction of sp³-hybridized carbons (Fsp3) is 0.125. The van der Waals surface area contributed by atoms with Crippen LogP contribution < -0.4 is 5.01 Å². The first-order valence-electron chi connectivity index (χ1n) is 9.36. The van der Waals surface area contributed by atoms with Crippen LogP contribution in [0.5, 0.6) is 0 Å². The number of hydrogen-bond acceptors (Lipinski definition) is 3. The van der Waals surface area contributed by atoms with Crippen LogP contribution in [0.4, 0.5) is 5.69 Å². The zero-order valence-corrected chi connectivity index (χ0v) is 19.1. The van der Waals surface area contributed by atoms with Gasteiger partial charge in [0.25, 0.3) is 0 Å². The summed E-state index contributed by atoms with van der Waals surface area (Å²) in [7, 11) is 0. The average Bonchev–Trinajstić information content (AvgIpc) is 2.76. The van der Waals surface area contributed by atoms with Gasteiger partial charge in [-0.3, -0.25) is 4.79 Å². The van der Waals surface area contributed by atoms with Crippen LogP contribution in [0.3, 0.4) is 0 Å². The van der Waals surface area contributed by atoms with Gasteiger partial charge in [0.05, 0.1) is 28.9 Å². The summed E-state index contributed by atoms with van der Waals surface area (Å²) >= 11 is 19.2. The number of nitriles is 1. The van der Waals surface area contributed by atoms with E-state index < -0.39 is 5.92 Å². The number of benzene rings is 3. The molecular weight excluding hydrogens is 453 g/mol. The van der Waals surface area contributed by atoms with E-state index in [0.29, 0.717) is 32.4 Å². The lowest BCUT2D eigenvalue weighted by atomic mass is 9.91. The summed E-state index contributed by atoms with van der Waals surface area (Å²) in [5, 5.41) is 16.6. The maximum absolute atomic E-state index is 12.3. The van der Waals surface area contributed by atoms with E-state index in [1.807, 2.05) is 30.3 Å². The monoisotopic (exact) mass is 469 g/mol. The van der Waals surface area contributed by atoms with Crippen molar-refractivity contribution >= 4 is 52.6 Å². The van der Waals surface area contributed by atoms with Gasteiger partial charge in [0.2, 0.25) is 5.91 Å². The first-order chi connectivity index (χ1) is 14.8. The molecule has 0 aliphatic rings. The molecule has 0 aromatic heterocycles. The normalized spacial score (nSPS) is 11.9. The van der Waals surface area contributed by atoms with Crippen LogP contribution in [0.15, 0.2) is 65.8 Å². The number of carbonyl (C=O) groups is 1. The molecule has 1 unspecified atom stereocenters. The fourth-order valence-corrected chi connectivity index (χ4v) is 3.94. The summed E-state index contributed by atoms with van der Waals surface area (Å²) in [6.07, 6.45) is 1.59. The molecule has 0 saturated heterocycles. The zero-order valence-electron chi connectivity index (χ0n) is 16.8. The van der Waals surface area contributed by atoms with Gasteiger partial charge in [-0.05, 0) is 41.8 Å². The Bertz CT molecular complexity index is 1170. The Hall–Kier alpha value is -2.84. The van der Waals surface area contributed by atoms with Crippen molar-refractivity contribution in [2.24, 2.45) is 5.10 Å². The number of rotatable bonds is 5. The standard InChI is InChI=1S/C24H18Cl3N3O/c1-15-22(30(16(2)31)29-14-17-6-4-3-5-7-17)12-21(26)23(24(15)27)20(13-28)18-8-10-19(25)11-9-18/h3-12,14,20H,1-2H3. The molecule has 1 atom stereocenters. The molecule has 0 radical (unpaired) electrons. The summed E-state index contributed by atoms with van der Waals surface area (Å²) in [6.45, 7) is 3.17. The first kappa shape index (κ1) is 22.8. The van der Waals surface area contributed by atoms with Crippen LogP contribution in [0.25, 0.3) is 0 Å². The number of amides is 1. The van der Waals surface area contributed by atoms with Gasteiger partial charge in [-0.1, -0.05) is 77.3 Å².